The number of fused-ring (bicyclic) bond motifs is 3. The van der Waals surface area contributed by atoms with Crippen molar-refractivity contribution in [3.63, 3.8) is 0 Å². The minimum atomic E-state index is -4.69. The average molecular weight is 497 g/mol. The molecule has 1 atom stereocenters. The van der Waals surface area contributed by atoms with Crippen molar-refractivity contribution < 1.29 is 26.4 Å². The number of hydrogen-bond acceptors (Lipinski definition) is 6. The number of aliphatic imine (C=N–C) groups is 1. The van der Waals surface area contributed by atoms with E-state index in [1.807, 2.05) is 6.92 Å². The first-order valence-corrected chi connectivity index (χ1v) is 12.2. The Hall–Kier alpha value is -2.93. The quantitative estimate of drug-likeness (QED) is 0.686. The Labute approximate surface area is 194 Å². The molecule has 1 aromatic heterocycles. The Kier molecular flexibility index (Phi) is 4.89. The molecule has 3 aliphatic rings. The lowest BCUT2D eigenvalue weighted by atomic mass is 10.1. The van der Waals surface area contributed by atoms with Gasteiger partial charge in [0.25, 0.3) is 5.91 Å². The van der Waals surface area contributed by atoms with Crippen LogP contribution >= 0.6 is 0 Å². The number of carbonyl (C=O) groups excluding carboxylic acids is 1. The van der Waals surface area contributed by atoms with Crippen LogP contribution in [0.2, 0.25) is 0 Å². The second-order valence-electron chi connectivity index (χ2n) is 9.27. The predicted molar refractivity (Wildman–Crippen MR) is 117 cm³/mol. The number of aryl methyl sites for hydroxylation is 1. The highest BCUT2D eigenvalue weighted by atomic mass is 32.2. The molecule has 2 aliphatic heterocycles. The Morgan fingerprint density at radius 2 is 1.97 bits per heavy atom. The number of aromatic nitrogens is 2. The molecule has 0 bridgehead atoms. The summed E-state index contributed by atoms with van der Waals surface area (Å²) in [7, 11) is -2.51. The van der Waals surface area contributed by atoms with Crippen LogP contribution in [0.1, 0.15) is 48.3 Å². The largest absolute Gasteiger partial charge is 0.435 e. The van der Waals surface area contributed by atoms with Crippen LogP contribution in [0.5, 0.6) is 0 Å². The summed E-state index contributed by atoms with van der Waals surface area (Å²) in [6.45, 7) is 3.62. The van der Waals surface area contributed by atoms with Crippen LogP contribution in [-0.2, 0) is 29.8 Å². The van der Waals surface area contributed by atoms with Crippen molar-refractivity contribution >= 4 is 27.6 Å². The Balaban J connectivity index is 1.56. The van der Waals surface area contributed by atoms with Gasteiger partial charge >= 0.3 is 6.18 Å². The van der Waals surface area contributed by atoms with E-state index in [-0.39, 0.29) is 28.0 Å². The van der Waals surface area contributed by atoms with Gasteiger partial charge in [0.15, 0.2) is 5.69 Å². The lowest BCUT2D eigenvalue weighted by Crippen LogP contribution is -2.52. The number of sulfonamides is 1. The molecule has 1 N–H and O–H groups in total. The average Bonchev–Trinajstić information content (AvgIpc) is 3.13. The maximum Gasteiger partial charge on any atom is 0.435 e. The Morgan fingerprint density at radius 1 is 1.26 bits per heavy atom. The van der Waals surface area contributed by atoms with E-state index in [9.17, 15) is 26.4 Å². The molecule has 1 amide bonds. The number of nitrogens with zero attached hydrogens (tertiary/aromatic N) is 5. The second-order valence-corrected chi connectivity index (χ2v) is 11.0. The van der Waals surface area contributed by atoms with E-state index in [1.54, 1.807) is 17.9 Å². The second kappa shape index (κ2) is 7.28. The van der Waals surface area contributed by atoms with Crippen molar-refractivity contribution in [2.45, 2.75) is 55.9 Å². The molecule has 0 unspecified atom stereocenters. The SMILES string of the molecule is C[C@@H]1CN=C2N(Cc3cn(C)nc3C(F)(F)F)C(=O)c3cc(S(=O)(=O)NC4(C)CC4)ccc3N21. The first kappa shape index (κ1) is 22.8. The number of hydrogen-bond donors (Lipinski definition) is 1. The number of nitrogens with one attached hydrogen (secondary N) is 1. The fourth-order valence-corrected chi connectivity index (χ4v) is 5.80. The van der Waals surface area contributed by atoms with E-state index in [0.717, 1.165) is 22.4 Å². The standard InChI is InChI=1S/C21H23F3N6O3S/c1-12-9-25-19-29(11-13-10-28(3)26-17(13)21(22,23)24)18(31)15-8-14(4-5-16(15)30(12)19)34(32,33)27-20(2)6-7-20/h4-5,8,10,12,27H,6-7,9,11H2,1-3H3/t12-/m1/s1. The van der Waals surface area contributed by atoms with E-state index in [2.05, 4.69) is 14.8 Å². The summed E-state index contributed by atoms with van der Waals surface area (Å²) in [5.41, 5.74) is -1.19. The number of amides is 1. The zero-order valence-electron chi connectivity index (χ0n) is 18.7. The third kappa shape index (κ3) is 3.76. The molecular formula is C21H23F3N6O3S. The number of alkyl halides is 3. The van der Waals surface area contributed by atoms with Crippen LogP contribution in [0.3, 0.4) is 0 Å². The van der Waals surface area contributed by atoms with Crippen LogP contribution < -0.4 is 9.62 Å². The third-order valence-corrected chi connectivity index (χ3v) is 7.93. The fourth-order valence-electron chi connectivity index (χ4n) is 4.31. The molecule has 0 spiro atoms. The van der Waals surface area contributed by atoms with Gasteiger partial charge in [0.05, 0.1) is 35.3 Å². The van der Waals surface area contributed by atoms with Gasteiger partial charge in [-0.2, -0.15) is 18.3 Å². The normalized spacial score (nSPS) is 21.4. The molecule has 1 aliphatic carbocycles. The zero-order valence-corrected chi connectivity index (χ0v) is 19.5. The third-order valence-electron chi connectivity index (χ3n) is 6.29. The van der Waals surface area contributed by atoms with E-state index in [0.29, 0.717) is 12.2 Å². The van der Waals surface area contributed by atoms with E-state index in [1.165, 1.54) is 25.4 Å². The van der Waals surface area contributed by atoms with Gasteiger partial charge < -0.3 is 4.90 Å². The van der Waals surface area contributed by atoms with Gasteiger partial charge in [-0.05, 0) is 44.9 Å². The number of anilines is 1. The van der Waals surface area contributed by atoms with E-state index < -0.39 is 39.9 Å². The number of rotatable bonds is 5. The summed E-state index contributed by atoms with van der Waals surface area (Å²) < 4.78 is 70.0. The highest BCUT2D eigenvalue weighted by molar-refractivity contribution is 7.89. The predicted octanol–water partition coefficient (Wildman–Crippen LogP) is 2.49. The van der Waals surface area contributed by atoms with Crippen LogP contribution in [0.15, 0.2) is 34.3 Å². The van der Waals surface area contributed by atoms with Crippen molar-refractivity contribution in [1.82, 2.24) is 19.4 Å². The van der Waals surface area contributed by atoms with Gasteiger partial charge in [-0.25, -0.2) is 13.1 Å². The number of carbonyl (C=O) groups is 1. The zero-order chi connectivity index (χ0) is 24.6. The van der Waals surface area contributed by atoms with E-state index >= 15 is 0 Å². The molecule has 0 saturated heterocycles. The molecule has 9 nitrogen and oxygen atoms in total. The molecule has 2 aromatic rings. The number of benzene rings is 1. The number of halogens is 3. The molecule has 182 valence electrons. The molecule has 13 heteroatoms. The highest BCUT2D eigenvalue weighted by Crippen LogP contribution is 2.39. The van der Waals surface area contributed by atoms with Gasteiger partial charge in [-0.1, -0.05) is 0 Å². The lowest BCUT2D eigenvalue weighted by molar-refractivity contribution is -0.142. The molecule has 3 heterocycles. The monoisotopic (exact) mass is 496 g/mol. The lowest BCUT2D eigenvalue weighted by Gasteiger charge is -2.38. The molecule has 1 saturated carbocycles. The topological polar surface area (TPSA) is 99.9 Å². The van der Waals surface area contributed by atoms with Crippen molar-refractivity contribution in [3.8, 4) is 0 Å². The van der Waals surface area contributed by atoms with Crippen molar-refractivity contribution in [2.24, 2.45) is 12.0 Å². The van der Waals surface area contributed by atoms with Gasteiger partial charge in [-0.3, -0.25) is 19.4 Å². The summed E-state index contributed by atoms with van der Waals surface area (Å²) in [5, 5.41) is 3.52. The van der Waals surface area contributed by atoms with Gasteiger partial charge in [0.1, 0.15) is 0 Å². The Bertz CT molecular complexity index is 1330. The van der Waals surface area contributed by atoms with Crippen molar-refractivity contribution in [3.05, 3.63) is 41.2 Å². The van der Waals surface area contributed by atoms with Crippen LogP contribution in [0.25, 0.3) is 0 Å². The molecule has 1 fully saturated rings. The molecule has 0 radical (unpaired) electrons. The summed E-state index contributed by atoms with van der Waals surface area (Å²) in [6, 6.07) is 4.11. The summed E-state index contributed by atoms with van der Waals surface area (Å²) in [6.07, 6.45) is -2.02. The molecule has 1 aromatic carbocycles. The maximum absolute atomic E-state index is 13.5. The summed E-state index contributed by atoms with van der Waals surface area (Å²) in [4.78, 5) is 20.8. The van der Waals surface area contributed by atoms with Gasteiger partial charge in [-0.15, -0.1) is 0 Å². The van der Waals surface area contributed by atoms with Crippen LogP contribution in [-0.4, -0.2) is 53.1 Å². The van der Waals surface area contributed by atoms with E-state index in [4.69, 9.17) is 0 Å². The maximum atomic E-state index is 13.5. The first-order chi connectivity index (χ1) is 15.8. The molecular weight excluding hydrogens is 473 g/mol. The van der Waals surface area contributed by atoms with Gasteiger partial charge in [0, 0.05) is 24.3 Å². The summed E-state index contributed by atoms with van der Waals surface area (Å²) in [5.74, 6) is -0.382. The van der Waals surface area contributed by atoms with Crippen LogP contribution in [0, 0.1) is 0 Å². The van der Waals surface area contributed by atoms with Crippen molar-refractivity contribution in [2.75, 3.05) is 11.4 Å². The number of guanidine groups is 1. The summed E-state index contributed by atoms with van der Waals surface area (Å²) >= 11 is 0. The van der Waals surface area contributed by atoms with Crippen LogP contribution in [0.4, 0.5) is 18.9 Å². The minimum absolute atomic E-state index is 0.0720. The minimum Gasteiger partial charge on any atom is -0.307 e. The first-order valence-electron chi connectivity index (χ1n) is 10.7. The smallest absolute Gasteiger partial charge is 0.307 e. The highest BCUT2D eigenvalue weighted by Gasteiger charge is 2.44. The fraction of sp³-hybridized carbons (Fsp3) is 0.476. The molecule has 5 rings (SSSR count). The Morgan fingerprint density at radius 3 is 2.62 bits per heavy atom. The van der Waals surface area contributed by atoms with Crippen molar-refractivity contribution in [1.29, 1.82) is 0 Å². The van der Waals surface area contributed by atoms with Gasteiger partial charge in [0.2, 0.25) is 16.0 Å². The molecule has 34 heavy (non-hydrogen) atoms.